The van der Waals surface area contributed by atoms with Crippen LogP contribution < -0.4 is 5.32 Å². The highest BCUT2D eigenvalue weighted by molar-refractivity contribution is 7.99. The van der Waals surface area contributed by atoms with E-state index in [0.29, 0.717) is 0 Å². The summed E-state index contributed by atoms with van der Waals surface area (Å²) in [7, 11) is 0. The fourth-order valence-corrected chi connectivity index (χ4v) is 1.80. The fraction of sp³-hybridized carbons (Fsp3) is 0.545. The van der Waals surface area contributed by atoms with Crippen molar-refractivity contribution in [1.29, 1.82) is 0 Å². The quantitative estimate of drug-likeness (QED) is 0.699. The van der Waals surface area contributed by atoms with E-state index in [2.05, 4.69) is 17.2 Å². The minimum Gasteiger partial charge on any atom is -0.311 e. The van der Waals surface area contributed by atoms with E-state index < -0.39 is 0 Å². The Labute approximate surface area is 90.5 Å². The Morgan fingerprint density at radius 3 is 3.07 bits per heavy atom. The molecule has 0 aliphatic rings. The molecule has 2 nitrogen and oxygen atoms in total. The van der Waals surface area contributed by atoms with Crippen molar-refractivity contribution in [2.75, 3.05) is 18.1 Å². The number of aromatic nitrogens is 1. The second kappa shape index (κ2) is 7.83. The first-order valence-corrected chi connectivity index (χ1v) is 6.27. The van der Waals surface area contributed by atoms with E-state index in [1.165, 1.54) is 17.9 Å². The largest absolute Gasteiger partial charge is 0.311 e. The molecule has 78 valence electrons. The molecule has 0 saturated carbocycles. The molecule has 0 aliphatic heterocycles. The number of hydrogen-bond acceptors (Lipinski definition) is 3. The summed E-state index contributed by atoms with van der Waals surface area (Å²) in [6.07, 6.45) is 3.08. The van der Waals surface area contributed by atoms with E-state index in [0.717, 1.165) is 18.8 Å². The molecule has 1 heterocycles. The maximum Gasteiger partial charge on any atom is 0.0541 e. The number of hydrogen-bond donors (Lipinski definition) is 1. The summed E-state index contributed by atoms with van der Waals surface area (Å²) < 4.78 is 0. The van der Waals surface area contributed by atoms with Crippen LogP contribution in [0.25, 0.3) is 0 Å². The van der Waals surface area contributed by atoms with Gasteiger partial charge in [0.25, 0.3) is 0 Å². The standard InChI is InChI=1S/C11H18N2S/c1-2-14-9-5-7-12-10-11-6-3-4-8-13-11/h3-4,6,8,12H,2,5,7,9-10H2,1H3. The van der Waals surface area contributed by atoms with Gasteiger partial charge in [0.2, 0.25) is 0 Å². The van der Waals surface area contributed by atoms with Crippen LogP contribution in [0, 0.1) is 0 Å². The Morgan fingerprint density at radius 1 is 1.43 bits per heavy atom. The summed E-state index contributed by atoms with van der Waals surface area (Å²) in [5.74, 6) is 2.48. The second-order valence-corrected chi connectivity index (χ2v) is 4.44. The fourth-order valence-electron chi connectivity index (χ4n) is 1.16. The van der Waals surface area contributed by atoms with Crippen molar-refractivity contribution in [3.05, 3.63) is 30.1 Å². The average Bonchev–Trinajstić information content (AvgIpc) is 2.25. The molecule has 1 rings (SSSR count). The Bertz CT molecular complexity index is 226. The third-order valence-corrected chi connectivity index (χ3v) is 2.86. The van der Waals surface area contributed by atoms with Gasteiger partial charge in [0, 0.05) is 12.7 Å². The van der Waals surface area contributed by atoms with Gasteiger partial charge < -0.3 is 5.32 Å². The van der Waals surface area contributed by atoms with Crippen LogP contribution in [0.3, 0.4) is 0 Å². The molecule has 0 amide bonds. The van der Waals surface area contributed by atoms with E-state index in [1.54, 1.807) is 0 Å². The molecule has 0 bridgehead atoms. The zero-order valence-electron chi connectivity index (χ0n) is 8.70. The molecule has 0 aromatic carbocycles. The minimum absolute atomic E-state index is 0.887. The van der Waals surface area contributed by atoms with E-state index in [9.17, 15) is 0 Å². The van der Waals surface area contributed by atoms with Gasteiger partial charge in [0.1, 0.15) is 0 Å². The number of nitrogens with zero attached hydrogens (tertiary/aromatic N) is 1. The van der Waals surface area contributed by atoms with Crippen LogP contribution in [0.4, 0.5) is 0 Å². The molecule has 0 saturated heterocycles. The molecule has 0 unspecified atom stereocenters. The van der Waals surface area contributed by atoms with Crippen molar-refractivity contribution in [2.24, 2.45) is 0 Å². The van der Waals surface area contributed by atoms with Crippen molar-refractivity contribution in [1.82, 2.24) is 10.3 Å². The molecule has 3 heteroatoms. The maximum absolute atomic E-state index is 4.24. The number of rotatable bonds is 7. The van der Waals surface area contributed by atoms with Gasteiger partial charge in [-0.05, 0) is 36.6 Å². The first-order valence-electron chi connectivity index (χ1n) is 5.12. The van der Waals surface area contributed by atoms with Crippen LogP contribution in [-0.2, 0) is 6.54 Å². The smallest absolute Gasteiger partial charge is 0.0541 e. The molecule has 0 spiro atoms. The molecular formula is C11H18N2S. The highest BCUT2D eigenvalue weighted by Crippen LogP contribution is 1.99. The van der Waals surface area contributed by atoms with Crippen molar-refractivity contribution < 1.29 is 0 Å². The molecule has 1 aromatic rings. The topological polar surface area (TPSA) is 24.9 Å². The zero-order valence-corrected chi connectivity index (χ0v) is 9.52. The van der Waals surface area contributed by atoms with Gasteiger partial charge in [0.15, 0.2) is 0 Å². The van der Waals surface area contributed by atoms with E-state index in [-0.39, 0.29) is 0 Å². The van der Waals surface area contributed by atoms with Gasteiger partial charge in [-0.3, -0.25) is 4.98 Å². The summed E-state index contributed by atoms with van der Waals surface area (Å²) in [6.45, 7) is 4.17. The van der Waals surface area contributed by atoms with E-state index >= 15 is 0 Å². The number of pyridine rings is 1. The van der Waals surface area contributed by atoms with Crippen LogP contribution in [0.5, 0.6) is 0 Å². The summed E-state index contributed by atoms with van der Waals surface area (Å²) >= 11 is 2.00. The molecule has 1 aromatic heterocycles. The van der Waals surface area contributed by atoms with E-state index in [1.807, 2.05) is 36.2 Å². The summed E-state index contributed by atoms with van der Waals surface area (Å²) in [6, 6.07) is 6.02. The Balaban J connectivity index is 1.99. The first kappa shape index (κ1) is 11.5. The van der Waals surface area contributed by atoms with Gasteiger partial charge in [-0.2, -0.15) is 11.8 Å². The van der Waals surface area contributed by atoms with Crippen LogP contribution >= 0.6 is 11.8 Å². The maximum atomic E-state index is 4.24. The van der Waals surface area contributed by atoms with Crippen molar-refractivity contribution >= 4 is 11.8 Å². The number of nitrogens with one attached hydrogen (secondary N) is 1. The third-order valence-electron chi connectivity index (χ3n) is 1.88. The van der Waals surface area contributed by atoms with Gasteiger partial charge in [0.05, 0.1) is 5.69 Å². The van der Waals surface area contributed by atoms with Crippen molar-refractivity contribution in [3.8, 4) is 0 Å². The van der Waals surface area contributed by atoms with Crippen molar-refractivity contribution in [2.45, 2.75) is 19.9 Å². The molecule has 0 fully saturated rings. The highest BCUT2D eigenvalue weighted by Gasteiger charge is 1.91. The van der Waals surface area contributed by atoms with Gasteiger partial charge >= 0.3 is 0 Å². The molecule has 14 heavy (non-hydrogen) atoms. The Morgan fingerprint density at radius 2 is 2.36 bits per heavy atom. The predicted octanol–water partition coefficient (Wildman–Crippen LogP) is 2.31. The van der Waals surface area contributed by atoms with E-state index in [4.69, 9.17) is 0 Å². The molecule has 0 aliphatic carbocycles. The Hall–Kier alpha value is -0.540. The van der Waals surface area contributed by atoms with Gasteiger partial charge in [-0.15, -0.1) is 0 Å². The summed E-state index contributed by atoms with van der Waals surface area (Å²) in [4.78, 5) is 4.24. The average molecular weight is 210 g/mol. The number of thioether (sulfide) groups is 1. The lowest BCUT2D eigenvalue weighted by Gasteiger charge is -2.03. The monoisotopic (exact) mass is 210 g/mol. The zero-order chi connectivity index (χ0) is 10.1. The Kier molecular flexibility index (Phi) is 6.45. The minimum atomic E-state index is 0.887. The van der Waals surface area contributed by atoms with Crippen LogP contribution in [0.15, 0.2) is 24.4 Å². The lowest BCUT2D eigenvalue weighted by atomic mass is 10.3. The summed E-state index contributed by atoms with van der Waals surface area (Å²) in [5, 5.41) is 3.38. The van der Waals surface area contributed by atoms with Crippen LogP contribution in [0.2, 0.25) is 0 Å². The van der Waals surface area contributed by atoms with Gasteiger partial charge in [-0.25, -0.2) is 0 Å². The SMILES string of the molecule is CCSCCCNCc1ccccn1. The van der Waals surface area contributed by atoms with Crippen LogP contribution in [-0.4, -0.2) is 23.0 Å². The molecule has 0 radical (unpaired) electrons. The second-order valence-electron chi connectivity index (χ2n) is 3.05. The molecule has 0 atom stereocenters. The highest BCUT2D eigenvalue weighted by atomic mass is 32.2. The third kappa shape index (κ3) is 5.25. The predicted molar refractivity (Wildman–Crippen MR) is 63.6 cm³/mol. The van der Waals surface area contributed by atoms with Crippen molar-refractivity contribution in [3.63, 3.8) is 0 Å². The lowest BCUT2D eigenvalue weighted by Crippen LogP contribution is -2.15. The first-order chi connectivity index (χ1) is 6.93. The normalized spacial score (nSPS) is 10.4. The molecule has 1 N–H and O–H groups in total. The summed E-state index contributed by atoms with van der Waals surface area (Å²) in [5.41, 5.74) is 1.12. The lowest BCUT2D eigenvalue weighted by molar-refractivity contribution is 0.667. The van der Waals surface area contributed by atoms with Gasteiger partial charge in [-0.1, -0.05) is 13.0 Å². The van der Waals surface area contributed by atoms with Crippen LogP contribution in [0.1, 0.15) is 19.0 Å². The molecular weight excluding hydrogens is 192 g/mol.